The first-order valence-electron chi connectivity index (χ1n) is 6.70. The van der Waals surface area contributed by atoms with Crippen LogP contribution in [0.4, 0.5) is 0 Å². The summed E-state index contributed by atoms with van der Waals surface area (Å²) in [5.74, 6) is -0.340. The Morgan fingerprint density at radius 3 is 2.48 bits per heavy atom. The zero-order valence-electron chi connectivity index (χ0n) is 11.9. The Labute approximate surface area is 125 Å². The van der Waals surface area contributed by atoms with Crippen LogP contribution in [0.3, 0.4) is 0 Å². The van der Waals surface area contributed by atoms with Crippen molar-refractivity contribution >= 4 is 15.9 Å². The molecule has 0 aliphatic rings. The topological polar surface area (TPSA) is 99.1 Å². The number of benzene rings is 1. The molecule has 0 heterocycles. The number of hydrogen-bond acceptors (Lipinski definition) is 4. The van der Waals surface area contributed by atoms with Gasteiger partial charge in [-0.3, -0.25) is 4.79 Å². The SMILES string of the molecule is CCCNC(=O)CCNS(=O)(=O)Cc1ccc(C#N)cc1. The number of rotatable bonds is 8. The fourth-order valence-electron chi connectivity index (χ4n) is 1.62. The van der Waals surface area contributed by atoms with Crippen LogP contribution in [0.1, 0.15) is 30.9 Å². The van der Waals surface area contributed by atoms with Gasteiger partial charge in [-0.05, 0) is 24.1 Å². The van der Waals surface area contributed by atoms with Crippen molar-refractivity contribution in [2.24, 2.45) is 0 Å². The van der Waals surface area contributed by atoms with Gasteiger partial charge in [0.25, 0.3) is 0 Å². The van der Waals surface area contributed by atoms with Crippen molar-refractivity contribution in [1.29, 1.82) is 5.26 Å². The minimum atomic E-state index is -3.48. The smallest absolute Gasteiger partial charge is 0.221 e. The van der Waals surface area contributed by atoms with E-state index in [4.69, 9.17) is 5.26 Å². The molecule has 0 unspecified atom stereocenters. The highest BCUT2D eigenvalue weighted by Crippen LogP contribution is 2.07. The molecule has 0 saturated carbocycles. The molecule has 21 heavy (non-hydrogen) atoms. The summed E-state index contributed by atoms with van der Waals surface area (Å²) < 4.78 is 26.1. The molecule has 1 aromatic rings. The van der Waals surface area contributed by atoms with Gasteiger partial charge in [-0.25, -0.2) is 13.1 Å². The van der Waals surface area contributed by atoms with E-state index in [0.717, 1.165) is 6.42 Å². The average molecular weight is 309 g/mol. The van der Waals surface area contributed by atoms with Gasteiger partial charge < -0.3 is 5.32 Å². The van der Waals surface area contributed by atoms with Gasteiger partial charge >= 0.3 is 0 Å². The lowest BCUT2D eigenvalue weighted by Gasteiger charge is -2.07. The predicted octanol–water partition coefficient (Wildman–Crippen LogP) is 0.894. The first kappa shape index (κ1) is 17.1. The number of nitrogens with one attached hydrogen (secondary N) is 2. The fourth-order valence-corrected chi connectivity index (χ4v) is 2.77. The van der Waals surface area contributed by atoms with Gasteiger partial charge in [0, 0.05) is 19.5 Å². The summed E-state index contributed by atoms with van der Waals surface area (Å²) in [6.07, 6.45) is 0.961. The number of sulfonamides is 1. The Hall–Kier alpha value is -1.91. The third-order valence-corrected chi connectivity index (χ3v) is 4.04. The summed E-state index contributed by atoms with van der Waals surface area (Å²) in [5.41, 5.74) is 1.08. The van der Waals surface area contributed by atoms with Crippen LogP contribution in [0.5, 0.6) is 0 Å². The molecule has 0 fully saturated rings. The van der Waals surface area contributed by atoms with E-state index >= 15 is 0 Å². The van der Waals surface area contributed by atoms with E-state index in [1.165, 1.54) is 0 Å². The molecule has 0 spiro atoms. The largest absolute Gasteiger partial charge is 0.356 e. The first-order chi connectivity index (χ1) is 9.96. The molecular formula is C14H19N3O3S. The van der Waals surface area contributed by atoms with E-state index in [9.17, 15) is 13.2 Å². The molecule has 1 aromatic carbocycles. The molecule has 0 radical (unpaired) electrons. The maximum absolute atomic E-state index is 11.8. The summed E-state index contributed by atoms with van der Waals surface area (Å²) in [5, 5.41) is 11.3. The summed E-state index contributed by atoms with van der Waals surface area (Å²) >= 11 is 0. The number of carbonyl (C=O) groups excluding carboxylic acids is 1. The van der Waals surface area contributed by atoms with Crippen molar-refractivity contribution in [3.8, 4) is 6.07 Å². The van der Waals surface area contributed by atoms with E-state index in [2.05, 4.69) is 10.0 Å². The second-order valence-corrected chi connectivity index (χ2v) is 6.37. The zero-order chi connectivity index (χ0) is 15.7. The maximum Gasteiger partial charge on any atom is 0.221 e. The van der Waals surface area contributed by atoms with E-state index < -0.39 is 10.0 Å². The van der Waals surface area contributed by atoms with E-state index in [1.54, 1.807) is 24.3 Å². The van der Waals surface area contributed by atoms with Crippen molar-refractivity contribution in [2.75, 3.05) is 13.1 Å². The minimum absolute atomic E-state index is 0.0775. The zero-order valence-corrected chi connectivity index (χ0v) is 12.7. The highest BCUT2D eigenvalue weighted by Gasteiger charge is 2.12. The molecule has 0 aromatic heterocycles. The first-order valence-corrected chi connectivity index (χ1v) is 8.35. The molecular weight excluding hydrogens is 290 g/mol. The van der Waals surface area contributed by atoms with Crippen molar-refractivity contribution in [3.05, 3.63) is 35.4 Å². The molecule has 0 atom stereocenters. The monoisotopic (exact) mass is 309 g/mol. The molecule has 0 bridgehead atoms. The lowest BCUT2D eigenvalue weighted by Crippen LogP contribution is -2.31. The van der Waals surface area contributed by atoms with E-state index in [0.29, 0.717) is 17.7 Å². The average Bonchev–Trinajstić information content (AvgIpc) is 2.45. The van der Waals surface area contributed by atoms with Gasteiger partial charge in [0.05, 0.1) is 17.4 Å². The summed E-state index contributed by atoms with van der Waals surface area (Å²) in [4.78, 5) is 11.3. The fraction of sp³-hybridized carbons (Fsp3) is 0.429. The van der Waals surface area contributed by atoms with Crippen molar-refractivity contribution < 1.29 is 13.2 Å². The number of amides is 1. The van der Waals surface area contributed by atoms with E-state index in [1.807, 2.05) is 13.0 Å². The molecule has 0 saturated heterocycles. The maximum atomic E-state index is 11.8. The number of nitriles is 1. The van der Waals surface area contributed by atoms with Gasteiger partial charge in [-0.1, -0.05) is 19.1 Å². The Balaban J connectivity index is 2.43. The summed E-state index contributed by atoms with van der Waals surface area (Å²) in [6, 6.07) is 8.32. The molecule has 6 nitrogen and oxygen atoms in total. The van der Waals surface area contributed by atoms with Crippen LogP contribution >= 0.6 is 0 Å². The van der Waals surface area contributed by atoms with Gasteiger partial charge in [0.2, 0.25) is 15.9 Å². The van der Waals surface area contributed by atoms with Gasteiger partial charge in [0.1, 0.15) is 0 Å². The number of nitrogens with zero attached hydrogens (tertiary/aromatic N) is 1. The van der Waals surface area contributed by atoms with Crippen LogP contribution in [-0.4, -0.2) is 27.4 Å². The van der Waals surface area contributed by atoms with E-state index in [-0.39, 0.29) is 24.6 Å². The Morgan fingerprint density at radius 2 is 1.90 bits per heavy atom. The standard InChI is InChI=1S/C14H19N3O3S/c1-2-8-16-14(18)7-9-17-21(19,20)11-13-5-3-12(10-15)4-6-13/h3-6,17H,2,7-9,11H2,1H3,(H,16,18). The highest BCUT2D eigenvalue weighted by atomic mass is 32.2. The molecule has 7 heteroatoms. The second-order valence-electron chi connectivity index (χ2n) is 4.56. The Morgan fingerprint density at radius 1 is 1.24 bits per heavy atom. The van der Waals surface area contributed by atoms with Crippen LogP contribution < -0.4 is 10.0 Å². The lowest BCUT2D eigenvalue weighted by molar-refractivity contribution is -0.120. The van der Waals surface area contributed by atoms with Gasteiger partial charge in [-0.15, -0.1) is 0 Å². The van der Waals surface area contributed by atoms with Crippen LogP contribution in [-0.2, 0) is 20.6 Å². The Kier molecular flexibility index (Phi) is 6.85. The van der Waals surface area contributed by atoms with Crippen molar-refractivity contribution in [1.82, 2.24) is 10.0 Å². The van der Waals surface area contributed by atoms with Crippen LogP contribution in [0.15, 0.2) is 24.3 Å². The summed E-state index contributed by atoms with van der Waals surface area (Å²) in [6.45, 7) is 2.62. The minimum Gasteiger partial charge on any atom is -0.356 e. The quantitative estimate of drug-likeness (QED) is 0.745. The third kappa shape index (κ3) is 6.88. The molecule has 1 rings (SSSR count). The predicted molar refractivity (Wildman–Crippen MR) is 79.7 cm³/mol. The molecule has 2 N–H and O–H groups in total. The van der Waals surface area contributed by atoms with Crippen LogP contribution in [0, 0.1) is 11.3 Å². The van der Waals surface area contributed by atoms with Crippen molar-refractivity contribution in [2.45, 2.75) is 25.5 Å². The van der Waals surface area contributed by atoms with Crippen molar-refractivity contribution in [3.63, 3.8) is 0 Å². The normalized spacial score (nSPS) is 10.9. The lowest BCUT2D eigenvalue weighted by atomic mass is 10.2. The summed E-state index contributed by atoms with van der Waals surface area (Å²) in [7, 11) is -3.48. The Bertz CT molecular complexity index is 603. The number of hydrogen-bond donors (Lipinski definition) is 2. The molecule has 0 aliphatic heterocycles. The van der Waals surface area contributed by atoms with Crippen LogP contribution in [0.25, 0.3) is 0 Å². The van der Waals surface area contributed by atoms with Gasteiger partial charge in [0.15, 0.2) is 0 Å². The third-order valence-electron chi connectivity index (χ3n) is 2.69. The highest BCUT2D eigenvalue weighted by molar-refractivity contribution is 7.88. The molecule has 114 valence electrons. The second kappa shape index (κ2) is 8.39. The number of carbonyl (C=O) groups is 1. The van der Waals surface area contributed by atoms with Gasteiger partial charge in [-0.2, -0.15) is 5.26 Å². The molecule has 1 amide bonds. The molecule has 0 aliphatic carbocycles. The van der Waals surface area contributed by atoms with Crippen LogP contribution in [0.2, 0.25) is 0 Å².